The molecule has 0 fully saturated rings. The van der Waals surface area contributed by atoms with Crippen molar-refractivity contribution in [2.24, 2.45) is 0 Å². The highest BCUT2D eigenvalue weighted by molar-refractivity contribution is 5.77. The van der Waals surface area contributed by atoms with Gasteiger partial charge in [0.2, 0.25) is 0 Å². The molecule has 1 aromatic heterocycles. The molecule has 0 aliphatic rings. The molecule has 0 amide bonds. The van der Waals surface area contributed by atoms with Crippen molar-refractivity contribution in [1.82, 2.24) is 20.7 Å². The number of H-pyrrole nitrogens is 1. The van der Waals surface area contributed by atoms with Gasteiger partial charge in [0.05, 0.1) is 5.52 Å². The topological polar surface area (TPSA) is 53.6 Å². The van der Waals surface area contributed by atoms with Crippen LogP contribution in [0.5, 0.6) is 0 Å². The van der Waals surface area contributed by atoms with E-state index >= 15 is 0 Å². The second-order valence-electron chi connectivity index (χ2n) is 4.21. The molecule has 0 aliphatic heterocycles. The minimum absolute atomic E-state index is 0.790. The van der Waals surface area contributed by atoms with E-state index in [1.807, 2.05) is 18.2 Å². The minimum atomic E-state index is 0.790. The first kappa shape index (κ1) is 10.9. The first-order chi connectivity index (χ1) is 8.93. The Kier molecular flexibility index (Phi) is 3.02. The summed E-state index contributed by atoms with van der Waals surface area (Å²) in [6.07, 6.45) is 0. The van der Waals surface area contributed by atoms with Crippen LogP contribution >= 0.6 is 0 Å². The van der Waals surface area contributed by atoms with Gasteiger partial charge in [0, 0.05) is 13.1 Å². The van der Waals surface area contributed by atoms with Crippen LogP contribution in [0.15, 0.2) is 48.5 Å². The molecule has 4 heteroatoms. The summed E-state index contributed by atoms with van der Waals surface area (Å²) in [6.45, 7) is 1.65. The Labute approximate surface area is 105 Å². The van der Waals surface area contributed by atoms with Crippen LogP contribution in [0, 0.1) is 0 Å². The fourth-order valence-electron chi connectivity index (χ4n) is 2.01. The Bertz CT molecular complexity index is 630. The van der Waals surface area contributed by atoms with E-state index in [9.17, 15) is 0 Å². The quantitative estimate of drug-likeness (QED) is 0.733. The number of rotatable bonds is 4. The first-order valence-electron chi connectivity index (χ1n) is 5.97. The molecule has 18 heavy (non-hydrogen) atoms. The lowest BCUT2D eigenvalue weighted by atomic mass is 10.1. The predicted molar refractivity (Wildman–Crippen MR) is 70.9 cm³/mol. The van der Waals surface area contributed by atoms with Crippen molar-refractivity contribution in [2.75, 3.05) is 0 Å². The van der Waals surface area contributed by atoms with E-state index in [1.54, 1.807) is 0 Å². The minimum Gasteiger partial charge on any atom is -0.309 e. The van der Waals surface area contributed by atoms with Gasteiger partial charge in [-0.1, -0.05) is 47.7 Å². The molecule has 0 radical (unpaired) electrons. The molecule has 0 saturated carbocycles. The van der Waals surface area contributed by atoms with Crippen molar-refractivity contribution < 1.29 is 0 Å². The van der Waals surface area contributed by atoms with Crippen LogP contribution in [0.1, 0.15) is 11.1 Å². The highest BCUT2D eigenvalue weighted by atomic mass is 15.3. The number of nitrogens with one attached hydrogen (secondary N) is 2. The monoisotopic (exact) mass is 238 g/mol. The standard InChI is InChI=1S/C14H14N4/c1-2-5-11(6-3-1)9-15-10-12-7-4-8-13-14(12)17-18-16-13/h1-8,15H,9-10H2,(H,16,17,18). The average molecular weight is 238 g/mol. The number of aromatic nitrogens is 3. The predicted octanol–water partition coefficient (Wildman–Crippen LogP) is 2.25. The van der Waals surface area contributed by atoms with Crippen molar-refractivity contribution in [1.29, 1.82) is 0 Å². The number of nitrogens with zero attached hydrogens (tertiary/aromatic N) is 2. The highest BCUT2D eigenvalue weighted by Gasteiger charge is 2.03. The summed E-state index contributed by atoms with van der Waals surface area (Å²) in [5, 5.41) is 14.2. The third-order valence-electron chi connectivity index (χ3n) is 2.93. The van der Waals surface area contributed by atoms with Crippen LogP contribution in [0.3, 0.4) is 0 Å². The molecule has 2 aromatic carbocycles. The van der Waals surface area contributed by atoms with Gasteiger partial charge in [-0.05, 0) is 17.2 Å². The lowest BCUT2D eigenvalue weighted by Crippen LogP contribution is -2.12. The average Bonchev–Trinajstić information content (AvgIpc) is 2.89. The summed E-state index contributed by atoms with van der Waals surface area (Å²) in [5.74, 6) is 0. The summed E-state index contributed by atoms with van der Waals surface area (Å²) in [6, 6.07) is 16.4. The first-order valence-corrected chi connectivity index (χ1v) is 5.97. The van der Waals surface area contributed by atoms with E-state index in [0.717, 1.165) is 29.7 Å². The molecule has 0 atom stereocenters. The number of hydrogen-bond donors (Lipinski definition) is 2. The van der Waals surface area contributed by atoms with E-state index in [0.29, 0.717) is 0 Å². The van der Waals surface area contributed by atoms with Crippen molar-refractivity contribution in [2.45, 2.75) is 13.1 Å². The fraction of sp³-hybridized carbons (Fsp3) is 0.143. The van der Waals surface area contributed by atoms with Crippen LogP contribution in [-0.4, -0.2) is 15.4 Å². The smallest absolute Gasteiger partial charge is 0.117 e. The number of aromatic amines is 1. The molecule has 0 unspecified atom stereocenters. The Hall–Kier alpha value is -2.20. The number of benzene rings is 2. The van der Waals surface area contributed by atoms with Gasteiger partial charge in [0.15, 0.2) is 0 Å². The number of fused-ring (bicyclic) bond motifs is 1. The zero-order valence-electron chi connectivity index (χ0n) is 9.93. The Morgan fingerprint density at radius 3 is 2.72 bits per heavy atom. The summed E-state index contributed by atoms with van der Waals surface area (Å²) in [5.41, 5.74) is 4.37. The van der Waals surface area contributed by atoms with E-state index < -0.39 is 0 Å². The van der Waals surface area contributed by atoms with Crippen molar-refractivity contribution in [3.05, 3.63) is 59.7 Å². The zero-order chi connectivity index (χ0) is 12.2. The molecular weight excluding hydrogens is 224 g/mol. The van der Waals surface area contributed by atoms with Crippen molar-refractivity contribution >= 4 is 11.0 Å². The largest absolute Gasteiger partial charge is 0.309 e. The van der Waals surface area contributed by atoms with E-state index in [2.05, 4.69) is 51.1 Å². The van der Waals surface area contributed by atoms with Crippen LogP contribution in [0.2, 0.25) is 0 Å². The van der Waals surface area contributed by atoms with Gasteiger partial charge in [0.25, 0.3) is 0 Å². The molecule has 0 spiro atoms. The van der Waals surface area contributed by atoms with Gasteiger partial charge in [-0.2, -0.15) is 0 Å². The zero-order valence-corrected chi connectivity index (χ0v) is 9.93. The summed E-state index contributed by atoms with van der Waals surface area (Å²) < 4.78 is 0. The lowest BCUT2D eigenvalue weighted by Gasteiger charge is -2.05. The molecule has 3 aromatic rings. The molecule has 3 rings (SSSR count). The molecule has 2 N–H and O–H groups in total. The third-order valence-corrected chi connectivity index (χ3v) is 2.93. The maximum absolute atomic E-state index is 4.10. The lowest BCUT2D eigenvalue weighted by molar-refractivity contribution is 0.695. The molecular formula is C14H14N4. The third kappa shape index (κ3) is 2.24. The molecule has 0 saturated heterocycles. The van der Waals surface area contributed by atoms with E-state index in [4.69, 9.17) is 0 Å². The fourth-order valence-corrected chi connectivity index (χ4v) is 2.01. The Morgan fingerprint density at radius 2 is 1.83 bits per heavy atom. The van der Waals surface area contributed by atoms with E-state index in [-0.39, 0.29) is 0 Å². The van der Waals surface area contributed by atoms with Gasteiger partial charge in [-0.15, -0.1) is 5.10 Å². The highest BCUT2D eigenvalue weighted by Crippen LogP contribution is 2.13. The molecule has 90 valence electrons. The number of hydrogen-bond acceptors (Lipinski definition) is 3. The summed E-state index contributed by atoms with van der Waals surface area (Å²) in [4.78, 5) is 0. The Morgan fingerprint density at radius 1 is 0.944 bits per heavy atom. The maximum Gasteiger partial charge on any atom is 0.117 e. The molecule has 4 nitrogen and oxygen atoms in total. The normalized spacial score (nSPS) is 10.9. The van der Waals surface area contributed by atoms with Crippen molar-refractivity contribution in [3.8, 4) is 0 Å². The molecule has 1 heterocycles. The summed E-state index contributed by atoms with van der Waals surface area (Å²) >= 11 is 0. The van der Waals surface area contributed by atoms with Gasteiger partial charge in [-0.25, -0.2) is 0 Å². The van der Waals surface area contributed by atoms with Gasteiger partial charge < -0.3 is 5.32 Å². The Balaban J connectivity index is 1.68. The van der Waals surface area contributed by atoms with Crippen LogP contribution in [0.4, 0.5) is 0 Å². The maximum atomic E-state index is 4.10. The van der Waals surface area contributed by atoms with Gasteiger partial charge in [-0.3, -0.25) is 5.10 Å². The molecule has 0 bridgehead atoms. The van der Waals surface area contributed by atoms with Gasteiger partial charge in [0.1, 0.15) is 5.52 Å². The van der Waals surface area contributed by atoms with Crippen molar-refractivity contribution in [3.63, 3.8) is 0 Å². The van der Waals surface area contributed by atoms with Gasteiger partial charge >= 0.3 is 0 Å². The second-order valence-corrected chi connectivity index (χ2v) is 4.21. The van der Waals surface area contributed by atoms with Crippen LogP contribution < -0.4 is 5.32 Å². The second kappa shape index (κ2) is 4.98. The molecule has 0 aliphatic carbocycles. The summed E-state index contributed by atoms with van der Waals surface area (Å²) in [7, 11) is 0. The van der Waals surface area contributed by atoms with Crippen LogP contribution in [-0.2, 0) is 13.1 Å². The van der Waals surface area contributed by atoms with Crippen LogP contribution in [0.25, 0.3) is 11.0 Å². The van der Waals surface area contributed by atoms with E-state index in [1.165, 1.54) is 5.56 Å². The SMILES string of the molecule is c1ccc(CNCc2cccc3[nH]nnc23)cc1.